The van der Waals surface area contributed by atoms with Crippen molar-refractivity contribution in [2.75, 3.05) is 50.5 Å². The third-order valence-electron chi connectivity index (χ3n) is 7.00. The average molecular weight is 508 g/mol. The van der Waals surface area contributed by atoms with Gasteiger partial charge in [0.1, 0.15) is 0 Å². The molecule has 0 aliphatic carbocycles. The molecule has 0 bridgehead atoms. The molecule has 10 nitrogen and oxygen atoms in total. The lowest BCUT2D eigenvalue weighted by atomic mass is 10.1. The van der Waals surface area contributed by atoms with Crippen LogP contribution in [0.15, 0.2) is 36.7 Å². The maximum absolute atomic E-state index is 12.2. The summed E-state index contributed by atoms with van der Waals surface area (Å²) in [5, 5.41) is 8.29. The summed E-state index contributed by atoms with van der Waals surface area (Å²) in [5.74, 6) is 0.831. The van der Waals surface area contributed by atoms with Crippen molar-refractivity contribution in [3.05, 3.63) is 48.1 Å². The zero-order valence-corrected chi connectivity index (χ0v) is 21.3. The fourth-order valence-electron chi connectivity index (χ4n) is 5.21. The SMILES string of the molecule is Cc1nc2c(N3CCOCC3)nc(-c3cccc4[nH]ncc34)cn2c1C1=CCN(S(C)(=O)=O)CCC1. The Balaban J connectivity index is 1.55. The van der Waals surface area contributed by atoms with Crippen molar-refractivity contribution < 1.29 is 13.2 Å². The third kappa shape index (κ3) is 4.06. The standard InChI is InChI=1S/C25H29N7O3S/c1-17-23(18-5-4-9-31(10-8-18)36(2,33)34)32-16-22(19-6-3-7-21-20(19)15-26-29-21)28-24(25(32)27-17)30-11-13-35-14-12-30/h3,6-8,15-16H,4-5,9-14H2,1-2H3,(H,26,29). The molecule has 5 heterocycles. The van der Waals surface area contributed by atoms with Crippen LogP contribution in [0.1, 0.15) is 24.2 Å². The number of morpholine rings is 1. The van der Waals surface area contributed by atoms with Crippen molar-refractivity contribution in [2.24, 2.45) is 0 Å². The van der Waals surface area contributed by atoms with Crippen LogP contribution in [0.2, 0.25) is 0 Å². The van der Waals surface area contributed by atoms with Crippen LogP contribution in [-0.4, -0.2) is 82.9 Å². The highest BCUT2D eigenvalue weighted by molar-refractivity contribution is 7.88. The number of benzene rings is 1. The Morgan fingerprint density at radius 1 is 1.11 bits per heavy atom. The van der Waals surface area contributed by atoms with Gasteiger partial charge in [0.2, 0.25) is 10.0 Å². The minimum absolute atomic E-state index is 0.365. The largest absolute Gasteiger partial charge is 0.378 e. The van der Waals surface area contributed by atoms with E-state index >= 15 is 0 Å². The van der Waals surface area contributed by atoms with Gasteiger partial charge in [-0.3, -0.25) is 9.50 Å². The highest BCUT2D eigenvalue weighted by atomic mass is 32.2. The number of fused-ring (bicyclic) bond motifs is 2. The fraction of sp³-hybridized carbons (Fsp3) is 0.400. The van der Waals surface area contributed by atoms with Gasteiger partial charge >= 0.3 is 0 Å². The van der Waals surface area contributed by atoms with E-state index in [1.807, 2.05) is 31.3 Å². The van der Waals surface area contributed by atoms with E-state index in [0.717, 1.165) is 76.5 Å². The van der Waals surface area contributed by atoms with Gasteiger partial charge in [-0.2, -0.15) is 9.40 Å². The lowest BCUT2D eigenvalue weighted by molar-refractivity contribution is 0.122. The number of anilines is 1. The lowest BCUT2D eigenvalue weighted by Crippen LogP contribution is -2.37. The van der Waals surface area contributed by atoms with Gasteiger partial charge in [0.25, 0.3) is 0 Å². The molecule has 3 aromatic heterocycles. The van der Waals surface area contributed by atoms with Crippen LogP contribution in [0, 0.1) is 6.92 Å². The maximum Gasteiger partial charge on any atom is 0.211 e. The van der Waals surface area contributed by atoms with Gasteiger partial charge in [-0.05, 0) is 31.4 Å². The van der Waals surface area contributed by atoms with Crippen molar-refractivity contribution in [3.8, 4) is 11.3 Å². The second kappa shape index (κ2) is 8.99. The van der Waals surface area contributed by atoms with Crippen LogP contribution in [0.25, 0.3) is 33.4 Å². The Morgan fingerprint density at radius 3 is 2.75 bits per heavy atom. The minimum atomic E-state index is -3.24. The second-order valence-corrected chi connectivity index (χ2v) is 11.4. The first-order valence-electron chi connectivity index (χ1n) is 12.2. The van der Waals surface area contributed by atoms with E-state index in [-0.39, 0.29) is 0 Å². The number of sulfonamides is 1. The number of imidazole rings is 1. The zero-order valence-electron chi connectivity index (χ0n) is 20.4. The van der Waals surface area contributed by atoms with E-state index in [1.165, 1.54) is 10.6 Å². The third-order valence-corrected chi connectivity index (χ3v) is 8.27. The maximum atomic E-state index is 12.2. The van der Waals surface area contributed by atoms with Crippen LogP contribution in [0.4, 0.5) is 5.82 Å². The van der Waals surface area contributed by atoms with E-state index in [9.17, 15) is 8.42 Å². The van der Waals surface area contributed by atoms with Crippen molar-refractivity contribution in [3.63, 3.8) is 0 Å². The number of aromatic amines is 1. The predicted octanol–water partition coefficient (Wildman–Crippen LogP) is 2.86. The van der Waals surface area contributed by atoms with E-state index < -0.39 is 10.0 Å². The van der Waals surface area contributed by atoms with Crippen LogP contribution in [0.3, 0.4) is 0 Å². The summed E-state index contributed by atoms with van der Waals surface area (Å²) < 4.78 is 33.6. The number of aryl methyl sites for hydroxylation is 1. The van der Waals surface area contributed by atoms with E-state index in [2.05, 4.69) is 31.8 Å². The first-order valence-corrected chi connectivity index (χ1v) is 14.0. The van der Waals surface area contributed by atoms with Gasteiger partial charge in [-0.25, -0.2) is 18.4 Å². The molecule has 1 aromatic carbocycles. The van der Waals surface area contributed by atoms with Gasteiger partial charge < -0.3 is 9.64 Å². The number of aromatic nitrogens is 5. The van der Waals surface area contributed by atoms with Crippen LogP contribution < -0.4 is 4.90 Å². The number of H-pyrrole nitrogens is 1. The minimum Gasteiger partial charge on any atom is -0.378 e. The molecule has 0 amide bonds. The fourth-order valence-corrected chi connectivity index (χ4v) is 6.01. The first-order chi connectivity index (χ1) is 17.4. The Hall–Kier alpha value is -3.28. The molecule has 1 saturated heterocycles. The van der Waals surface area contributed by atoms with E-state index in [4.69, 9.17) is 14.7 Å². The predicted molar refractivity (Wildman–Crippen MR) is 139 cm³/mol. The van der Waals surface area contributed by atoms with E-state index in [0.29, 0.717) is 26.3 Å². The van der Waals surface area contributed by atoms with Gasteiger partial charge in [0, 0.05) is 43.3 Å². The van der Waals surface area contributed by atoms with Gasteiger partial charge in [0.05, 0.1) is 48.3 Å². The highest BCUT2D eigenvalue weighted by Crippen LogP contribution is 2.34. The number of hydrogen-bond acceptors (Lipinski definition) is 7. The number of allylic oxidation sites excluding steroid dienone is 1. The van der Waals surface area contributed by atoms with Crippen molar-refractivity contribution in [1.82, 2.24) is 28.9 Å². The van der Waals surface area contributed by atoms with Crippen molar-refractivity contribution in [1.29, 1.82) is 0 Å². The smallest absolute Gasteiger partial charge is 0.211 e. The quantitative estimate of drug-likeness (QED) is 0.452. The summed E-state index contributed by atoms with van der Waals surface area (Å²) in [5.41, 5.74) is 6.61. The Labute approximate surface area is 209 Å². The normalized spacial score (nSPS) is 18.1. The number of nitrogens with one attached hydrogen (secondary N) is 1. The topological polar surface area (TPSA) is 109 Å². The van der Waals surface area contributed by atoms with Crippen LogP contribution in [-0.2, 0) is 14.8 Å². The molecule has 6 rings (SSSR count). The monoisotopic (exact) mass is 507 g/mol. The molecule has 0 spiro atoms. The summed E-state index contributed by atoms with van der Waals surface area (Å²) in [6.45, 7) is 5.68. The van der Waals surface area contributed by atoms with Crippen LogP contribution >= 0.6 is 0 Å². The Bertz CT molecular complexity index is 1580. The molecule has 4 aromatic rings. The lowest BCUT2D eigenvalue weighted by Gasteiger charge is -2.28. The molecule has 0 radical (unpaired) electrons. The summed E-state index contributed by atoms with van der Waals surface area (Å²) in [6.07, 6.45) is 8.73. The molecule has 0 saturated carbocycles. The number of nitrogens with zero attached hydrogens (tertiary/aromatic N) is 6. The molecule has 2 aliphatic heterocycles. The number of rotatable bonds is 4. The summed E-state index contributed by atoms with van der Waals surface area (Å²) in [4.78, 5) is 12.3. The highest BCUT2D eigenvalue weighted by Gasteiger charge is 2.25. The molecule has 11 heteroatoms. The Kier molecular flexibility index (Phi) is 5.78. The number of ether oxygens (including phenoxy) is 1. The molecule has 36 heavy (non-hydrogen) atoms. The van der Waals surface area contributed by atoms with Gasteiger partial charge in [-0.1, -0.05) is 18.2 Å². The second-order valence-electron chi connectivity index (χ2n) is 9.38. The van der Waals surface area contributed by atoms with Crippen LogP contribution in [0.5, 0.6) is 0 Å². The summed E-state index contributed by atoms with van der Waals surface area (Å²) in [6, 6.07) is 6.07. The number of hydrogen-bond donors (Lipinski definition) is 1. The molecule has 1 fully saturated rings. The van der Waals surface area contributed by atoms with Gasteiger partial charge in [0.15, 0.2) is 11.5 Å². The molecule has 0 atom stereocenters. The summed E-state index contributed by atoms with van der Waals surface area (Å²) >= 11 is 0. The molecule has 2 aliphatic rings. The van der Waals surface area contributed by atoms with Crippen molar-refractivity contribution >= 4 is 38.0 Å². The first kappa shape index (κ1) is 23.1. The Morgan fingerprint density at radius 2 is 1.94 bits per heavy atom. The molecule has 1 N–H and O–H groups in total. The van der Waals surface area contributed by atoms with E-state index in [1.54, 1.807) is 0 Å². The van der Waals surface area contributed by atoms with Crippen molar-refractivity contribution in [2.45, 2.75) is 19.8 Å². The molecular formula is C25H29N7O3S. The molecule has 0 unspecified atom stereocenters. The molecule has 188 valence electrons. The van der Waals surface area contributed by atoms with Gasteiger partial charge in [-0.15, -0.1) is 0 Å². The molecular weight excluding hydrogens is 478 g/mol. The average Bonchev–Trinajstić information content (AvgIpc) is 3.39. The summed E-state index contributed by atoms with van der Waals surface area (Å²) in [7, 11) is -3.24. The zero-order chi connectivity index (χ0) is 24.9.